The molecule has 2 heterocycles. The number of fused-ring (bicyclic) bond motifs is 1. The van der Waals surface area contributed by atoms with E-state index in [0.717, 1.165) is 29.6 Å². The van der Waals surface area contributed by atoms with Crippen LogP contribution >= 0.6 is 11.6 Å². The van der Waals surface area contributed by atoms with Crippen LogP contribution in [0.15, 0.2) is 54.7 Å². The summed E-state index contributed by atoms with van der Waals surface area (Å²) in [7, 11) is 0. The monoisotopic (exact) mass is 483 g/mol. The number of carboxylic acids is 1. The lowest BCUT2D eigenvalue weighted by Gasteiger charge is -2.21. The summed E-state index contributed by atoms with van der Waals surface area (Å²) in [5.41, 5.74) is 2.27. The van der Waals surface area contributed by atoms with Gasteiger partial charge in [-0.15, -0.1) is 0 Å². The Balaban J connectivity index is 0.000000383. The van der Waals surface area contributed by atoms with Crippen molar-refractivity contribution in [3.05, 3.63) is 71.1 Å². The van der Waals surface area contributed by atoms with Crippen LogP contribution < -0.4 is 10.2 Å². The normalized spacial score (nSPS) is 15.7. The van der Waals surface area contributed by atoms with Gasteiger partial charge in [0.05, 0.1) is 5.52 Å². The molecule has 2 aromatic carbocycles. The van der Waals surface area contributed by atoms with Gasteiger partial charge in [-0.3, -0.25) is 9.78 Å². The molecule has 0 spiro atoms. The number of hydrogen-bond acceptors (Lipinski definition) is 4. The number of pyridine rings is 1. The fraction of sp³-hybridized carbons (Fsp3) is 0.227. The van der Waals surface area contributed by atoms with E-state index in [2.05, 4.69) is 15.2 Å². The van der Waals surface area contributed by atoms with Gasteiger partial charge in [0.2, 0.25) is 0 Å². The van der Waals surface area contributed by atoms with Gasteiger partial charge in [0, 0.05) is 47.0 Å². The smallest absolute Gasteiger partial charge is 0.475 e. The number of nitrogens with one attached hydrogen (secondary N) is 1. The third-order valence-electron chi connectivity index (χ3n) is 4.88. The lowest BCUT2D eigenvalue weighted by Crippen LogP contribution is -2.37. The average Bonchev–Trinajstić information content (AvgIpc) is 3.21. The largest absolute Gasteiger partial charge is 0.490 e. The van der Waals surface area contributed by atoms with Gasteiger partial charge in [0.25, 0.3) is 5.91 Å². The summed E-state index contributed by atoms with van der Waals surface area (Å²) in [6, 6.07) is 13.4. The van der Waals surface area contributed by atoms with E-state index in [-0.39, 0.29) is 11.9 Å². The number of aromatic nitrogens is 1. The van der Waals surface area contributed by atoms with Gasteiger partial charge in [-0.05, 0) is 48.9 Å². The second-order valence-corrected chi connectivity index (χ2v) is 7.65. The summed E-state index contributed by atoms with van der Waals surface area (Å²) < 4.78 is 45.0. The quantitative estimate of drug-likeness (QED) is 0.529. The molecule has 174 valence electrons. The van der Waals surface area contributed by atoms with Gasteiger partial charge in [0.15, 0.2) is 0 Å². The predicted molar refractivity (Wildman–Crippen MR) is 115 cm³/mol. The maximum atomic E-state index is 13.3. The standard InChI is InChI=1S/C20H17ClFN3O.C2HF3O2/c21-14-4-5-17-18(11-14)23-8-6-19(17)25-9-7-16(12-25)24-20(26)13-2-1-3-15(22)10-13;3-2(4,5)1(6)7/h1-6,8,10-11,16H,7,9,12H2,(H,24,26);(H,6,7). The molecule has 1 aromatic heterocycles. The number of aliphatic carboxylic acids is 1. The zero-order valence-electron chi connectivity index (χ0n) is 16.9. The first-order valence-corrected chi connectivity index (χ1v) is 10.1. The van der Waals surface area contributed by atoms with Crippen LogP contribution in [0, 0.1) is 5.82 Å². The van der Waals surface area contributed by atoms with Crippen LogP contribution in [0.2, 0.25) is 5.02 Å². The summed E-state index contributed by atoms with van der Waals surface area (Å²) in [6.45, 7) is 1.53. The van der Waals surface area contributed by atoms with Crippen molar-refractivity contribution in [2.75, 3.05) is 18.0 Å². The van der Waals surface area contributed by atoms with Gasteiger partial charge in [-0.25, -0.2) is 9.18 Å². The molecule has 0 radical (unpaired) electrons. The van der Waals surface area contributed by atoms with E-state index in [1.54, 1.807) is 18.3 Å². The van der Waals surface area contributed by atoms with Gasteiger partial charge < -0.3 is 15.3 Å². The zero-order valence-corrected chi connectivity index (χ0v) is 17.7. The number of anilines is 1. The van der Waals surface area contributed by atoms with Crippen molar-refractivity contribution in [3.63, 3.8) is 0 Å². The minimum atomic E-state index is -5.08. The van der Waals surface area contributed by atoms with Crippen molar-refractivity contribution < 1.29 is 32.3 Å². The minimum Gasteiger partial charge on any atom is -0.475 e. The molecule has 11 heteroatoms. The molecule has 0 bridgehead atoms. The zero-order chi connectivity index (χ0) is 24.2. The Morgan fingerprint density at radius 1 is 1.15 bits per heavy atom. The number of carboxylic acid groups (broad SMARTS) is 1. The van der Waals surface area contributed by atoms with E-state index in [0.29, 0.717) is 17.1 Å². The van der Waals surface area contributed by atoms with Gasteiger partial charge in [0.1, 0.15) is 5.82 Å². The fourth-order valence-electron chi connectivity index (χ4n) is 3.38. The highest BCUT2D eigenvalue weighted by Crippen LogP contribution is 2.29. The molecule has 6 nitrogen and oxygen atoms in total. The molecule has 3 aromatic rings. The molecule has 1 aliphatic rings. The summed E-state index contributed by atoms with van der Waals surface area (Å²) >= 11 is 6.05. The first-order chi connectivity index (χ1) is 15.5. The lowest BCUT2D eigenvalue weighted by atomic mass is 10.1. The number of benzene rings is 2. The minimum absolute atomic E-state index is 0.0151. The second-order valence-electron chi connectivity index (χ2n) is 7.21. The van der Waals surface area contributed by atoms with E-state index in [1.165, 1.54) is 12.1 Å². The van der Waals surface area contributed by atoms with E-state index in [9.17, 15) is 22.4 Å². The average molecular weight is 484 g/mol. The Labute approximate surface area is 190 Å². The van der Waals surface area contributed by atoms with Gasteiger partial charge in [-0.2, -0.15) is 13.2 Å². The molecule has 0 aliphatic carbocycles. The maximum Gasteiger partial charge on any atom is 0.490 e. The number of rotatable bonds is 3. The Kier molecular flexibility index (Phi) is 7.37. The van der Waals surface area contributed by atoms with E-state index in [1.807, 2.05) is 24.3 Å². The number of carbonyl (C=O) groups excluding carboxylic acids is 1. The Hall–Kier alpha value is -3.40. The van der Waals surface area contributed by atoms with E-state index in [4.69, 9.17) is 21.5 Å². The summed E-state index contributed by atoms with van der Waals surface area (Å²) in [5.74, 6) is -3.41. The van der Waals surface area contributed by atoms with Gasteiger partial charge >= 0.3 is 12.1 Å². The number of carbonyl (C=O) groups is 2. The van der Waals surface area contributed by atoms with Crippen LogP contribution in [-0.2, 0) is 4.79 Å². The molecular weight excluding hydrogens is 466 g/mol. The van der Waals surface area contributed by atoms with E-state index < -0.39 is 18.0 Å². The first-order valence-electron chi connectivity index (χ1n) is 9.70. The Morgan fingerprint density at radius 2 is 1.88 bits per heavy atom. The third kappa shape index (κ3) is 6.32. The van der Waals surface area contributed by atoms with Crippen molar-refractivity contribution >= 4 is 40.1 Å². The van der Waals surface area contributed by atoms with Crippen molar-refractivity contribution in [1.82, 2.24) is 10.3 Å². The first kappa shape index (κ1) is 24.2. The Morgan fingerprint density at radius 3 is 2.55 bits per heavy atom. The van der Waals surface area contributed by atoms with Crippen LogP contribution in [0.4, 0.5) is 23.2 Å². The highest BCUT2D eigenvalue weighted by molar-refractivity contribution is 6.31. The summed E-state index contributed by atoms with van der Waals surface area (Å²) in [6.07, 6.45) is -2.48. The van der Waals surface area contributed by atoms with Crippen LogP contribution in [0.25, 0.3) is 10.9 Å². The summed E-state index contributed by atoms with van der Waals surface area (Å²) in [4.78, 5) is 27.8. The Bertz CT molecular complexity index is 1170. The molecule has 1 fully saturated rings. The molecule has 4 rings (SSSR count). The van der Waals surface area contributed by atoms with E-state index >= 15 is 0 Å². The third-order valence-corrected chi connectivity index (χ3v) is 5.11. The van der Waals surface area contributed by atoms with Gasteiger partial charge in [-0.1, -0.05) is 17.7 Å². The summed E-state index contributed by atoms with van der Waals surface area (Å²) in [5, 5.41) is 11.8. The number of nitrogens with zero attached hydrogens (tertiary/aromatic N) is 2. The van der Waals surface area contributed by atoms with Crippen LogP contribution in [-0.4, -0.2) is 47.3 Å². The molecule has 0 saturated carbocycles. The number of amides is 1. The molecule has 1 aliphatic heterocycles. The predicted octanol–water partition coefficient (Wildman–Crippen LogP) is 4.67. The second kappa shape index (κ2) is 10.0. The topological polar surface area (TPSA) is 82.5 Å². The molecule has 1 atom stereocenters. The van der Waals surface area contributed by atoms with Crippen LogP contribution in [0.5, 0.6) is 0 Å². The van der Waals surface area contributed by atoms with Crippen molar-refractivity contribution in [1.29, 1.82) is 0 Å². The number of hydrogen-bond donors (Lipinski definition) is 2. The molecule has 33 heavy (non-hydrogen) atoms. The van der Waals surface area contributed by atoms with Crippen molar-refractivity contribution in [2.24, 2.45) is 0 Å². The number of halogens is 5. The molecule has 1 saturated heterocycles. The highest BCUT2D eigenvalue weighted by Gasteiger charge is 2.38. The van der Waals surface area contributed by atoms with Crippen LogP contribution in [0.3, 0.4) is 0 Å². The molecule has 1 unspecified atom stereocenters. The lowest BCUT2D eigenvalue weighted by molar-refractivity contribution is -0.192. The highest BCUT2D eigenvalue weighted by atomic mass is 35.5. The van der Waals surface area contributed by atoms with Crippen LogP contribution in [0.1, 0.15) is 16.8 Å². The maximum absolute atomic E-state index is 13.3. The molecule has 1 amide bonds. The molecule has 2 N–H and O–H groups in total. The van der Waals surface area contributed by atoms with Crippen molar-refractivity contribution in [3.8, 4) is 0 Å². The number of alkyl halides is 3. The SMILES string of the molecule is O=C(NC1CCN(c2ccnc3cc(Cl)ccc23)C1)c1cccc(F)c1.O=C(O)C(F)(F)F. The molecular formula is C22H18ClF4N3O3. The van der Waals surface area contributed by atoms with Crippen molar-refractivity contribution in [2.45, 2.75) is 18.6 Å². The fourth-order valence-corrected chi connectivity index (χ4v) is 3.54.